The van der Waals surface area contributed by atoms with Gasteiger partial charge in [0.1, 0.15) is 6.10 Å². The van der Waals surface area contributed by atoms with Crippen LogP contribution in [-0.4, -0.2) is 11.1 Å². The van der Waals surface area contributed by atoms with Crippen molar-refractivity contribution in [1.29, 1.82) is 0 Å². The van der Waals surface area contributed by atoms with E-state index in [2.05, 4.69) is 10.4 Å². The Labute approximate surface area is 56.8 Å². The van der Waals surface area contributed by atoms with Gasteiger partial charge in [0.05, 0.1) is 11.6 Å². The molecule has 0 atom stereocenters. The van der Waals surface area contributed by atoms with Gasteiger partial charge in [-0.3, -0.25) is 0 Å². The highest BCUT2D eigenvalue weighted by Crippen LogP contribution is 2.19. The average molecular weight is 138 g/mol. The minimum atomic E-state index is 0.213. The van der Waals surface area contributed by atoms with E-state index in [-0.39, 0.29) is 6.10 Å². The van der Waals surface area contributed by atoms with Crippen LogP contribution in [0, 0.1) is 5.38 Å². The molecule has 3 heteroatoms. The minimum absolute atomic E-state index is 0.213. The SMILES string of the molecule is [c]1cnc(OC2C=C2)s1. The van der Waals surface area contributed by atoms with E-state index >= 15 is 0 Å². The second-order valence-electron chi connectivity index (χ2n) is 1.71. The Morgan fingerprint density at radius 3 is 3.11 bits per heavy atom. The van der Waals surface area contributed by atoms with E-state index in [1.165, 1.54) is 11.3 Å². The van der Waals surface area contributed by atoms with Crippen LogP contribution in [0.15, 0.2) is 18.3 Å². The molecule has 0 N–H and O–H groups in total. The van der Waals surface area contributed by atoms with Gasteiger partial charge >= 0.3 is 0 Å². The summed E-state index contributed by atoms with van der Waals surface area (Å²) in [6, 6.07) is 0. The number of ether oxygens (including phenoxy) is 1. The highest BCUT2D eigenvalue weighted by atomic mass is 32.1. The summed E-state index contributed by atoms with van der Waals surface area (Å²) in [5, 5.41) is 3.54. The first-order valence-corrected chi connectivity index (χ1v) is 3.44. The van der Waals surface area contributed by atoms with Gasteiger partial charge in [0.2, 0.25) is 0 Å². The van der Waals surface area contributed by atoms with Gasteiger partial charge in [-0.1, -0.05) is 11.3 Å². The fourth-order valence-electron chi connectivity index (χ4n) is 0.477. The van der Waals surface area contributed by atoms with Crippen molar-refractivity contribution in [2.75, 3.05) is 0 Å². The zero-order valence-electron chi connectivity index (χ0n) is 4.57. The first-order valence-electron chi connectivity index (χ1n) is 2.62. The molecule has 0 bridgehead atoms. The van der Waals surface area contributed by atoms with E-state index in [4.69, 9.17) is 4.74 Å². The average Bonchev–Trinajstić information content (AvgIpc) is 2.46. The van der Waals surface area contributed by atoms with Crippen LogP contribution in [0.4, 0.5) is 0 Å². The van der Waals surface area contributed by atoms with E-state index in [1.54, 1.807) is 6.20 Å². The van der Waals surface area contributed by atoms with Crippen molar-refractivity contribution < 1.29 is 4.74 Å². The van der Waals surface area contributed by atoms with Gasteiger partial charge < -0.3 is 4.74 Å². The van der Waals surface area contributed by atoms with Crippen molar-refractivity contribution in [3.05, 3.63) is 23.7 Å². The van der Waals surface area contributed by atoms with Gasteiger partial charge in [-0.05, 0) is 12.2 Å². The zero-order valence-corrected chi connectivity index (χ0v) is 5.39. The third-order valence-electron chi connectivity index (χ3n) is 0.955. The third-order valence-corrected chi connectivity index (χ3v) is 1.55. The molecule has 0 aromatic carbocycles. The lowest BCUT2D eigenvalue weighted by molar-refractivity contribution is 0.324. The standard InChI is InChI=1S/C6H4NOS/c1-2-5(1)8-6-7-3-4-9-6/h1-3,5H. The summed E-state index contributed by atoms with van der Waals surface area (Å²) in [6.45, 7) is 0. The molecule has 0 amide bonds. The zero-order chi connectivity index (χ0) is 6.10. The smallest absolute Gasteiger partial charge is 0.274 e. The van der Waals surface area contributed by atoms with Crippen molar-refractivity contribution >= 4 is 11.3 Å². The lowest BCUT2D eigenvalue weighted by Gasteiger charge is -1.95. The summed E-state index contributed by atoms with van der Waals surface area (Å²) in [6.07, 6.45) is 5.77. The molecule has 0 saturated heterocycles. The Hall–Kier alpha value is -0.830. The fraction of sp³-hybridized carbons (Fsp3) is 0.167. The van der Waals surface area contributed by atoms with Crippen LogP contribution in [-0.2, 0) is 0 Å². The van der Waals surface area contributed by atoms with Crippen LogP contribution in [0.2, 0.25) is 0 Å². The highest BCUT2D eigenvalue weighted by Gasteiger charge is 2.12. The predicted octanol–water partition coefficient (Wildman–Crippen LogP) is 1.26. The molecule has 1 heterocycles. The number of thiazole rings is 1. The molecule has 1 aromatic rings. The van der Waals surface area contributed by atoms with Gasteiger partial charge in [0.25, 0.3) is 5.19 Å². The first kappa shape index (κ1) is 4.99. The lowest BCUT2D eigenvalue weighted by Crippen LogP contribution is -1.96. The number of hydrogen-bond donors (Lipinski definition) is 0. The van der Waals surface area contributed by atoms with Crippen LogP contribution < -0.4 is 4.74 Å². The van der Waals surface area contributed by atoms with Crippen molar-refractivity contribution in [1.82, 2.24) is 4.98 Å². The van der Waals surface area contributed by atoms with Crippen molar-refractivity contribution in [2.45, 2.75) is 6.10 Å². The number of nitrogens with zero attached hydrogens (tertiary/aromatic N) is 1. The highest BCUT2D eigenvalue weighted by molar-refractivity contribution is 7.10. The second kappa shape index (κ2) is 1.84. The Balaban J connectivity index is 1.99. The van der Waals surface area contributed by atoms with Crippen LogP contribution in [0.25, 0.3) is 0 Å². The molecule has 0 aliphatic heterocycles. The molecule has 0 spiro atoms. The largest absolute Gasteiger partial charge is 0.458 e. The third kappa shape index (κ3) is 1.10. The van der Waals surface area contributed by atoms with Crippen molar-refractivity contribution in [2.24, 2.45) is 0 Å². The van der Waals surface area contributed by atoms with E-state index < -0.39 is 0 Å². The topological polar surface area (TPSA) is 22.1 Å². The summed E-state index contributed by atoms with van der Waals surface area (Å²) in [5.74, 6) is 0. The molecule has 0 saturated carbocycles. The molecular weight excluding hydrogens is 134 g/mol. The summed E-state index contributed by atoms with van der Waals surface area (Å²) in [4.78, 5) is 3.90. The monoisotopic (exact) mass is 138 g/mol. The Morgan fingerprint density at radius 1 is 1.67 bits per heavy atom. The molecule has 2 nitrogen and oxygen atoms in total. The van der Waals surface area contributed by atoms with Crippen LogP contribution in [0.5, 0.6) is 5.19 Å². The molecular formula is C6H4NOS. The normalized spacial score (nSPS) is 16.0. The van der Waals surface area contributed by atoms with E-state index in [0.717, 1.165) is 0 Å². The minimum Gasteiger partial charge on any atom is -0.458 e. The van der Waals surface area contributed by atoms with Crippen LogP contribution >= 0.6 is 11.3 Å². The number of rotatable bonds is 2. The molecule has 9 heavy (non-hydrogen) atoms. The van der Waals surface area contributed by atoms with Gasteiger partial charge in [0, 0.05) is 0 Å². The molecule has 1 radical (unpaired) electrons. The predicted molar refractivity (Wildman–Crippen MR) is 34.5 cm³/mol. The van der Waals surface area contributed by atoms with Crippen LogP contribution in [0.1, 0.15) is 0 Å². The van der Waals surface area contributed by atoms with Gasteiger partial charge in [-0.2, -0.15) is 0 Å². The summed E-state index contributed by atoms with van der Waals surface area (Å²) in [7, 11) is 0. The van der Waals surface area contributed by atoms with E-state index in [1.807, 2.05) is 12.2 Å². The molecule has 45 valence electrons. The maximum Gasteiger partial charge on any atom is 0.274 e. The van der Waals surface area contributed by atoms with E-state index in [9.17, 15) is 0 Å². The maximum absolute atomic E-state index is 5.23. The molecule has 0 fully saturated rings. The summed E-state index contributed by atoms with van der Waals surface area (Å²) in [5.41, 5.74) is 0. The molecule has 0 unspecified atom stereocenters. The van der Waals surface area contributed by atoms with Crippen LogP contribution in [0.3, 0.4) is 0 Å². The maximum atomic E-state index is 5.23. The summed E-state index contributed by atoms with van der Waals surface area (Å²) < 4.78 is 5.23. The van der Waals surface area contributed by atoms with Crippen molar-refractivity contribution in [3.63, 3.8) is 0 Å². The first-order chi connectivity index (χ1) is 4.45. The quantitative estimate of drug-likeness (QED) is 0.574. The van der Waals surface area contributed by atoms with Crippen molar-refractivity contribution in [3.8, 4) is 5.19 Å². The van der Waals surface area contributed by atoms with E-state index in [0.29, 0.717) is 5.19 Å². The van der Waals surface area contributed by atoms with Gasteiger partial charge in [0.15, 0.2) is 0 Å². The Bertz CT molecular complexity index is 211. The van der Waals surface area contributed by atoms with Gasteiger partial charge in [-0.25, -0.2) is 4.98 Å². The Kier molecular flexibility index (Phi) is 1.02. The molecule has 1 aliphatic carbocycles. The van der Waals surface area contributed by atoms with Gasteiger partial charge in [-0.15, -0.1) is 0 Å². The summed E-state index contributed by atoms with van der Waals surface area (Å²) >= 11 is 1.39. The molecule has 1 aliphatic rings. The number of aromatic nitrogens is 1. The molecule has 1 aromatic heterocycles. The Morgan fingerprint density at radius 2 is 2.56 bits per heavy atom. The second-order valence-corrected chi connectivity index (χ2v) is 2.50. The number of hydrogen-bond acceptors (Lipinski definition) is 3. The lowest BCUT2D eigenvalue weighted by atomic mass is 10.8. The fourth-order valence-corrected chi connectivity index (χ4v) is 0.948. The molecule has 2 rings (SSSR count).